The Hall–Kier alpha value is -1.65. The lowest BCUT2D eigenvalue weighted by atomic mass is 10.1. The van der Waals surface area contributed by atoms with Crippen LogP contribution in [0.4, 0.5) is 0 Å². The van der Waals surface area contributed by atoms with Gasteiger partial charge in [-0.05, 0) is 81.4 Å². The predicted octanol–water partition coefficient (Wildman–Crippen LogP) is 9.44. The first kappa shape index (κ1) is 37.2. The highest BCUT2D eigenvalue weighted by Gasteiger charge is 2.49. The van der Waals surface area contributed by atoms with Gasteiger partial charge in [-0.1, -0.05) is 57.6 Å². The standard InChI is InChI=1S/C34H54N2O5S2Si3/c1-9-10-11-12-15-22-35-31(27-20-18-24-42-27)29-30(33(35)37)32(28-21-19-25-43-28)36(34(29)38)23-16-13-14-17-26-46(39-2,40-44(3,4)5)41-45(6,7)8/h18-21,24-25H,9-17,22-23,26H2,1-8H3. The highest BCUT2D eigenvalue weighted by molar-refractivity contribution is 7.11. The van der Waals surface area contributed by atoms with E-state index in [9.17, 15) is 9.59 Å². The molecule has 2 amide bonds. The molecule has 0 fully saturated rings. The summed E-state index contributed by atoms with van der Waals surface area (Å²) < 4.78 is 19.3. The van der Waals surface area contributed by atoms with Crippen LogP contribution in [0.5, 0.6) is 0 Å². The van der Waals surface area contributed by atoms with Crippen molar-refractivity contribution < 1.29 is 22.2 Å². The summed E-state index contributed by atoms with van der Waals surface area (Å²) in [5.41, 5.74) is 2.78. The molecule has 0 bridgehead atoms. The maximum Gasteiger partial charge on any atom is 0.479 e. The molecule has 2 aliphatic rings. The van der Waals surface area contributed by atoms with Gasteiger partial charge in [0, 0.05) is 26.2 Å². The van der Waals surface area contributed by atoms with E-state index in [4.69, 9.17) is 12.7 Å². The number of hydrogen-bond donors (Lipinski definition) is 0. The highest BCUT2D eigenvalue weighted by atomic mass is 32.1. The smallest absolute Gasteiger partial charge is 0.416 e. The molecule has 46 heavy (non-hydrogen) atoms. The Morgan fingerprint density at radius 3 is 1.46 bits per heavy atom. The van der Waals surface area contributed by atoms with Crippen LogP contribution in [0, 0.1) is 0 Å². The number of rotatable bonds is 20. The lowest BCUT2D eigenvalue weighted by molar-refractivity contribution is -0.124. The summed E-state index contributed by atoms with van der Waals surface area (Å²) in [6.45, 7) is 16.6. The van der Waals surface area contributed by atoms with Crippen molar-refractivity contribution in [2.24, 2.45) is 0 Å². The average molecular weight is 719 g/mol. The number of carbonyl (C=O) groups excluding carboxylic acids is 2. The van der Waals surface area contributed by atoms with E-state index >= 15 is 0 Å². The van der Waals surface area contributed by atoms with Gasteiger partial charge in [-0.3, -0.25) is 9.59 Å². The van der Waals surface area contributed by atoms with E-state index in [1.807, 2.05) is 44.8 Å². The van der Waals surface area contributed by atoms with E-state index in [2.05, 4.69) is 46.2 Å². The van der Waals surface area contributed by atoms with E-state index in [-0.39, 0.29) is 11.8 Å². The topological polar surface area (TPSA) is 68.3 Å². The molecule has 4 rings (SSSR count). The van der Waals surface area contributed by atoms with Gasteiger partial charge in [-0.2, -0.15) is 0 Å². The second kappa shape index (κ2) is 16.2. The molecule has 0 radical (unpaired) electrons. The van der Waals surface area contributed by atoms with Gasteiger partial charge in [0.1, 0.15) is 0 Å². The monoisotopic (exact) mass is 718 g/mol. The Morgan fingerprint density at radius 1 is 0.652 bits per heavy atom. The van der Waals surface area contributed by atoms with Crippen LogP contribution in [-0.4, -0.2) is 67.3 Å². The van der Waals surface area contributed by atoms with Gasteiger partial charge in [0.05, 0.1) is 32.3 Å². The van der Waals surface area contributed by atoms with Crippen molar-refractivity contribution in [3.63, 3.8) is 0 Å². The van der Waals surface area contributed by atoms with E-state index in [0.29, 0.717) is 24.2 Å². The van der Waals surface area contributed by atoms with Gasteiger partial charge in [0.25, 0.3) is 11.8 Å². The fraction of sp³-hybridized carbons (Fsp3) is 0.588. The number of unbranched alkanes of at least 4 members (excludes halogenated alkanes) is 7. The van der Waals surface area contributed by atoms with Crippen molar-refractivity contribution in [2.45, 2.75) is 110 Å². The molecule has 2 aromatic heterocycles. The number of nitrogens with zero attached hydrogens (tertiary/aromatic N) is 2. The van der Waals surface area contributed by atoms with Crippen molar-refractivity contribution in [1.29, 1.82) is 0 Å². The number of thiophene rings is 2. The lowest BCUT2D eigenvalue weighted by Gasteiger charge is -2.38. The molecule has 2 aliphatic heterocycles. The van der Waals surface area contributed by atoms with Crippen molar-refractivity contribution in [2.75, 3.05) is 20.2 Å². The van der Waals surface area contributed by atoms with Crippen LogP contribution in [-0.2, 0) is 22.2 Å². The molecular weight excluding hydrogens is 665 g/mol. The highest BCUT2D eigenvalue weighted by Crippen LogP contribution is 2.48. The van der Waals surface area contributed by atoms with Gasteiger partial charge in [0.2, 0.25) is 0 Å². The van der Waals surface area contributed by atoms with E-state index < -0.39 is 25.4 Å². The summed E-state index contributed by atoms with van der Waals surface area (Å²) in [7, 11) is -4.73. The van der Waals surface area contributed by atoms with Crippen LogP contribution < -0.4 is 0 Å². The minimum absolute atomic E-state index is 0.0289. The molecule has 0 aliphatic carbocycles. The van der Waals surface area contributed by atoms with Crippen LogP contribution >= 0.6 is 22.7 Å². The number of fused-ring (bicyclic) bond motifs is 1. The van der Waals surface area contributed by atoms with Crippen molar-refractivity contribution >= 4 is 71.3 Å². The first-order valence-corrected chi connectivity index (χ1v) is 27.5. The average Bonchev–Trinajstić information content (AvgIpc) is 3.77. The van der Waals surface area contributed by atoms with Crippen LogP contribution in [0.15, 0.2) is 46.2 Å². The largest absolute Gasteiger partial charge is 0.479 e. The molecule has 0 saturated heterocycles. The quantitative estimate of drug-likeness (QED) is 0.101. The number of amides is 2. The van der Waals surface area contributed by atoms with E-state index in [1.165, 1.54) is 19.3 Å². The third kappa shape index (κ3) is 9.28. The molecule has 0 atom stereocenters. The summed E-state index contributed by atoms with van der Waals surface area (Å²) >= 11 is 3.19. The molecular formula is C34H54N2O5S2Si3. The Morgan fingerprint density at radius 2 is 1.09 bits per heavy atom. The number of carbonyl (C=O) groups is 2. The Bertz CT molecular complexity index is 1360. The van der Waals surface area contributed by atoms with Crippen molar-refractivity contribution in [3.05, 3.63) is 55.9 Å². The van der Waals surface area contributed by atoms with Crippen LogP contribution in [0.3, 0.4) is 0 Å². The Balaban J connectivity index is 1.49. The lowest BCUT2D eigenvalue weighted by Crippen LogP contribution is -2.56. The summed E-state index contributed by atoms with van der Waals surface area (Å²) in [6, 6.07) is 8.88. The summed E-state index contributed by atoms with van der Waals surface area (Å²) in [6.07, 6.45) is 9.38. The SMILES string of the molecule is CCCCCCCN1C(=O)C2=C(c3cccs3)N(CCCCCC[Si](OC)(O[Si](C)(C)C)O[Si](C)(C)C)C(=O)C2=C1c1cccs1. The molecule has 0 aromatic carbocycles. The molecule has 0 unspecified atom stereocenters. The summed E-state index contributed by atoms with van der Waals surface area (Å²) in [4.78, 5) is 34.2. The van der Waals surface area contributed by atoms with E-state index in [1.54, 1.807) is 29.8 Å². The van der Waals surface area contributed by atoms with E-state index in [0.717, 1.165) is 65.7 Å². The third-order valence-corrected chi connectivity index (χ3v) is 18.8. The van der Waals surface area contributed by atoms with Crippen molar-refractivity contribution in [1.82, 2.24) is 9.80 Å². The zero-order chi connectivity index (χ0) is 33.5. The van der Waals surface area contributed by atoms with Crippen LogP contribution in [0.2, 0.25) is 45.3 Å². The zero-order valence-electron chi connectivity index (χ0n) is 29.2. The maximum atomic E-state index is 14.3. The second-order valence-electron chi connectivity index (χ2n) is 14.2. The third-order valence-electron chi connectivity index (χ3n) is 8.02. The summed E-state index contributed by atoms with van der Waals surface area (Å²) in [5.74, 6) is -0.0692. The fourth-order valence-electron chi connectivity index (χ4n) is 6.24. The van der Waals surface area contributed by atoms with Crippen molar-refractivity contribution in [3.8, 4) is 0 Å². The maximum absolute atomic E-state index is 14.3. The van der Waals surface area contributed by atoms with Gasteiger partial charge in [-0.15, -0.1) is 22.7 Å². The minimum Gasteiger partial charge on any atom is -0.416 e. The molecule has 7 nitrogen and oxygen atoms in total. The second-order valence-corrected chi connectivity index (χ2v) is 28.5. The first-order chi connectivity index (χ1) is 21.8. The minimum atomic E-state index is -2.76. The molecule has 12 heteroatoms. The molecule has 0 N–H and O–H groups in total. The molecule has 2 aromatic rings. The van der Waals surface area contributed by atoms with Gasteiger partial charge in [0.15, 0.2) is 16.6 Å². The van der Waals surface area contributed by atoms with Crippen LogP contribution in [0.25, 0.3) is 11.4 Å². The Labute approximate surface area is 288 Å². The normalized spacial score (nSPS) is 16.1. The van der Waals surface area contributed by atoms with Gasteiger partial charge < -0.3 is 22.5 Å². The Kier molecular flexibility index (Phi) is 13.1. The molecule has 0 saturated carbocycles. The van der Waals surface area contributed by atoms with Gasteiger partial charge >= 0.3 is 8.80 Å². The molecule has 4 heterocycles. The first-order valence-electron chi connectivity index (χ1n) is 17.0. The zero-order valence-corrected chi connectivity index (χ0v) is 33.8. The fourth-order valence-corrected chi connectivity index (χ4v) is 18.2. The summed E-state index contributed by atoms with van der Waals surface area (Å²) in [5, 5.41) is 4.05. The van der Waals surface area contributed by atoms with Gasteiger partial charge in [-0.25, -0.2) is 0 Å². The number of hydrogen-bond acceptors (Lipinski definition) is 7. The van der Waals surface area contributed by atoms with Crippen LogP contribution in [0.1, 0.15) is 74.5 Å². The molecule has 0 spiro atoms. The molecule has 254 valence electrons. The predicted molar refractivity (Wildman–Crippen MR) is 200 cm³/mol.